The first-order chi connectivity index (χ1) is 10.9. The molecule has 0 spiro atoms. The fourth-order valence-electron chi connectivity index (χ4n) is 2.72. The SMILES string of the molecule is Cc1ccc([C@H](C)NS(=O)(=O)CCc2ccc3c(c2)CCO3)o1. The van der Waals surface area contributed by atoms with Crippen LogP contribution in [0.2, 0.25) is 0 Å². The maximum Gasteiger partial charge on any atom is 0.212 e. The van der Waals surface area contributed by atoms with Crippen molar-refractivity contribution in [2.24, 2.45) is 0 Å². The molecule has 5 nitrogen and oxygen atoms in total. The standard InChI is InChI=1S/C17H21NO4S/c1-12-3-5-16(22-12)13(2)18-23(19,20)10-8-14-4-6-17-15(11-14)7-9-21-17/h3-6,11,13,18H,7-10H2,1-2H3/t13-/m0/s1. The number of benzene rings is 1. The van der Waals surface area contributed by atoms with Crippen molar-refractivity contribution in [3.05, 3.63) is 53.0 Å². The number of hydrogen-bond acceptors (Lipinski definition) is 4. The summed E-state index contributed by atoms with van der Waals surface area (Å²) in [5.41, 5.74) is 2.17. The number of hydrogen-bond donors (Lipinski definition) is 1. The highest BCUT2D eigenvalue weighted by molar-refractivity contribution is 7.89. The molecular weight excluding hydrogens is 314 g/mol. The van der Waals surface area contributed by atoms with E-state index < -0.39 is 10.0 Å². The molecule has 2 aromatic rings. The van der Waals surface area contributed by atoms with E-state index in [1.807, 2.05) is 31.2 Å². The summed E-state index contributed by atoms with van der Waals surface area (Å²) in [5.74, 6) is 2.36. The summed E-state index contributed by atoms with van der Waals surface area (Å²) in [4.78, 5) is 0. The molecule has 2 heterocycles. The van der Waals surface area contributed by atoms with Crippen molar-refractivity contribution in [3.8, 4) is 5.75 Å². The molecule has 23 heavy (non-hydrogen) atoms. The highest BCUT2D eigenvalue weighted by atomic mass is 32.2. The second-order valence-corrected chi connectivity index (χ2v) is 7.77. The van der Waals surface area contributed by atoms with E-state index in [9.17, 15) is 8.42 Å². The predicted octanol–water partition coefficient (Wildman–Crippen LogP) is 2.75. The van der Waals surface area contributed by atoms with Crippen LogP contribution in [-0.2, 0) is 22.9 Å². The Hall–Kier alpha value is -1.79. The molecule has 1 aromatic heterocycles. The fraction of sp³-hybridized carbons (Fsp3) is 0.412. The first-order valence-corrected chi connectivity index (χ1v) is 9.39. The van der Waals surface area contributed by atoms with E-state index in [4.69, 9.17) is 9.15 Å². The molecule has 3 rings (SSSR count). The van der Waals surface area contributed by atoms with Gasteiger partial charge in [0.2, 0.25) is 10.0 Å². The Bertz CT molecular complexity index is 795. The molecule has 0 fully saturated rings. The van der Waals surface area contributed by atoms with Gasteiger partial charge in [-0.25, -0.2) is 13.1 Å². The van der Waals surface area contributed by atoms with E-state index in [-0.39, 0.29) is 11.8 Å². The lowest BCUT2D eigenvalue weighted by atomic mass is 10.1. The summed E-state index contributed by atoms with van der Waals surface area (Å²) >= 11 is 0. The van der Waals surface area contributed by atoms with Crippen LogP contribution < -0.4 is 9.46 Å². The maximum absolute atomic E-state index is 12.3. The number of rotatable bonds is 6. The molecule has 1 N–H and O–H groups in total. The van der Waals surface area contributed by atoms with Gasteiger partial charge in [-0.05, 0) is 49.6 Å². The number of furan rings is 1. The minimum Gasteiger partial charge on any atom is -0.493 e. The van der Waals surface area contributed by atoms with Crippen molar-refractivity contribution in [3.63, 3.8) is 0 Å². The van der Waals surface area contributed by atoms with Crippen LogP contribution >= 0.6 is 0 Å². The summed E-state index contributed by atoms with van der Waals surface area (Å²) in [7, 11) is -3.37. The van der Waals surface area contributed by atoms with Gasteiger partial charge < -0.3 is 9.15 Å². The molecule has 1 aliphatic heterocycles. The van der Waals surface area contributed by atoms with E-state index in [0.717, 1.165) is 29.1 Å². The smallest absolute Gasteiger partial charge is 0.212 e. The topological polar surface area (TPSA) is 68.5 Å². The number of sulfonamides is 1. The minimum atomic E-state index is -3.37. The zero-order valence-corrected chi connectivity index (χ0v) is 14.2. The molecule has 0 aliphatic carbocycles. The molecule has 1 atom stereocenters. The third kappa shape index (κ3) is 3.95. The molecule has 0 bridgehead atoms. The molecule has 0 radical (unpaired) electrons. The highest BCUT2D eigenvalue weighted by Crippen LogP contribution is 2.26. The van der Waals surface area contributed by atoms with Gasteiger partial charge in [0.1, 0.15) is 17.3 Å². The van der Waals surface area contributed by atoms with E-state index in [0.29, 0.717) is 18.8 Å². The van der Waals surface area contributed by atoms with Gasteiger partial charge in [-0.2, -0.15) is 0 Å². The fourth-order valence-corrected chi connectivity index (χ4v) is 4.00. The summed E-state index contributed by atoms with van der Waals surface area (Å²) in [6, 6.07) is 9.14. The Morgan fingerprint density at radius 1 is 1.26 bits per heavy atom. The second kappa shape index (κ2) is 6.37. The second-order valence-electron chi connectivity index (χ2n) is 5.90. The monoisotopic (exact) mass is 335 g/mol. The molecule has 1 aromatic carbocycles. The van der Waals surface area contributed by atoms with Gasteiger partial charge in [-0.3, -0.25) is 0 Å². The quantitative estimate of drug-likeness (QED) is 0.881. The van der Waals surface area contributed by atoms with E-state index in [2.05, 4.69) is 4.72 Å². The highest BCUT2D eigenvalue weighted by Gasteiger charge is 2.19. The molecule has 6 heteroatoms. The Morgan fingerprint density at radius 3 is 2.83 bits per heavy atom. The van der Waals surface area contributed by atoms with Crippen molar-refractivity contribution in [2.45, 2.75) is 32.7 Å². The Balaban J connectivity index is 1.60. The van der Waals surface area contributed by atoms with Crippen LogP contribution in [0, 0.1) is 6.92 Å². The third-order valence-corrected chi connectivity index (χ3v) is 5.41. The molecule has 0 saturated carbocycles. The summed E-state index contributed by atoms with van der Waals surface area (Å²) in [6.07, 6.45) is 1.37. The largest absolute Gasteiger partial charge is 0.493 e. The Morgan fingerprint density at radius 2 is 2.09 bits per heavy atom. The third-order valence-electron chi connectivity index (χ3n) is 3.96. The van der Waals surface area contributed by atoms with Crippen LogP contribution in [0.5, 0.6) is 5.75 Å². The van der Waals surface area contributed by atoms with Crippen LogP contribution in [0.4, 0.5) is 0 Å². The number of fused-ring (bicyclic) bond motifs is 1. The lowest BCUT2D eigenvalue weighted by molar-refractivity contribution is 0.357. The van der Waals surface area contributed by atoms with Gasteiger partial charge in [0.15, 0.2) is 0 Å². The molecule has 0 amide bonds. The van der Waals surface area contributed by atoms with Gasteiger partial charge in [0, 0.05) is 6.42 Å². The van der Waals surface area contributed by atoms with Crippen molar-refractivity contribution < 1.29 is 17.6 Å². The first kappa shape index (κ1) is 16.1. The van der Waals surface area contributed by atoms with Crippen LogP contribution in [-0.4, -0.2) is 20.8 Å². The lowest BCUT2D eigenvalue weighted by Crippen LogP contribution is -2.29. The first-order valence-electron chi connectivity index (χ1n) is 7.74. The average Bonchev–Trinajstić information content (AvgIpc) is 3.12. The van der Waals surface area contributed by atoms with Crippen LogP contribution in [0.25, 0.3) is 0 Å². The van der Waals surface area contributed by atoms with Gasteiger partial charge in [-0.15, -0.1) is 0 Å². The van der Waals surface area contributed by atoms with Crippen molar-refractivity contribution in [2.75, 3.05) is 12.4 Å². The Labute approximate surface area is 136 Å². The number of aryl methyl sites for hydroxylation is 2. The molecule has 0 saturated heterocycles. The predicted molar refractivity (Wildman–Crippen MR) is 88.1 cm³/mol. The zero-order chi connectivity index (χ0) is 16.4. The van der Waals surface area contributed by atoms with Gasteiger partial charge in [0.25, 0.3) is 0 Å². The minimum absolute atomic E-state index is 0.0523. The van der Waals surface area contributed by atoms with Crippen LogP contribution in [0.3, 0.4) is 0 Å². The van der Waals surface area contributed by atoms with Crippen LogP contribution in [0.1, 0.15) is 35.6 Å². The number of nitrogens with one attached hydrogen (secondary N) is 1. The van der Waals surface area contributed by atoms with Crippen molar-refractivity contribution >= 4 is 10.0 Å². The average molecular weight is 335 g/mol. The number of ether oxygens (including phenoxy) is 1. The summed E-state index contributed by atoms with van der Waals surface area (Å²) < 4.78 is 38.1. The van der Waals surface area contributed by atoms with E-state index >= 15 is 0 Å². The molecule has 1 aliphatic rings. The van der Waals surface area contributed by atoms with Gasteiger partial charge in [-0.1, -0.05) is 12.1 Å². The zero-order valence-electron chi connectivity index (χ0n) is 13.3. The summed E-state index contributed by atoms with van der Waals surface area (Å²) in [5, 5.41) is 0. The van der Waals surface area contributed by atoms with E-state index in [1.54, 1.807) is 13.0 Å². The lowest BCUT2D eigenvalue weighted by Gasteiger charge is -2.12. The van der Waals surface area contributed by atoms with Gasteiger partial charge in [0.05, 0.1) is 18.4 Å². The Kier molecular flexibility index (Phi) is 4.46. The van der Waals surface area contributed by atoms with E-state index in [1.165, 1.54) is 0 Å². The normalized spacial score (nSPS) is 15.2. The molecular formula is C17H21NO4S. The molecule has 124 valence electrons. The maximum atomic E-state index is 12.3. The van der Waals surface area contributed by atoms with Crippen molar-refractivity contribution in [1.29, 1.82) is 0 Å². The van der Waals surface area contributed by atoms with Gasteiger partial charge >= 0.3 is 0 Å². The molecule has 0 unspecified atom stereocenters. The van der Waals surface area contributed by atoms with Crippen LogP contribution in [0.15, 0.2) is 34.7 Å². The van der Waals surface area contributed by atoms with Crippen molar-refractivity contribution in [1.82, 2.24) is 4.72 Å². The summed E-state index contributed by atoms with van der Waals surface area (Å²) in [6.45, 7) is 4.32.